The van der Waals surface area contributed by atoms with Crippen molar-refractivity contribution >= 4 is 11.6 Å². The minimum Gasteiger partial charge on any atom is -0.467 e. The molecule has 0 saturated heterocycles. The zero-order valence-electron chi connectivity index (χ0n) is 16.3. The second-order valence-electron chi connectivity index (χ2n) is 7.29. The number of ether oxygens (including phenoxy) is 2. The highest BCUT2D eigenvalue weighted by atomic mass is 35.5. The molecule has 0 atom stereocenters. The third-order valence-corrected chi connectivity index (χ3v) is 5.17. The van der Waals surface area contributed by atoms with E-state index in [-0.39, 0.29) is 12.6 Å². The maximum atomic E-state index is 13.1. The van der Waals surface area contributed by atoms with Crippen LogP contribution < -0.4 is 4.74 Å². The van der Waals surface area contributed by atoms with Crippen molar-refractivity contribution in [3.05, 3.63) is 70.1 Å². The normalized spacial score (nSPS) is 13.4. The standard InChI is InChI=1S/C22H23ClFN3O2/c1-27(12-16-9-18(23)10-17-13-28-14-29-22(16)17)8-2-3-20-11-21(26-25-20)15-4-6-19(24)7-5-15/h4-7,9-11H,2-3,8,12-14H2,1H3,(H,25,26). The minimum atomic E-state index is -0.244. The van der Waals surface area contributed by atoms with Crippen LogP contribution >= 0.6 is 11.6 Å². The van der Waals surface area contributed by atoms with Gasteiger partial charge in [0.05, 0.1) is 12.3 Å². The van der Waals surface area contributed by atoms with Gasteiger partial charge >= 0.3 is 0 Å². The summed E-state index contributed by atoms with van der Waals surface area (Å²) >= 11 is 6.25. The van der Waals surface area contributed by atoms with Crippen molar-refractivity contribution in [1.82, 2.24) is 15.1 Å². The Morgan fingerprint density at radius 3 is 2.86 bits per heavy atom. The molecule has 2 heterocycles. The van der Waals surface area contributed by atoms with Crippen molar-refractivity contribution < 1.29 is 13.9 Å². The Labute approximate surface area is 174 Å². The lowest BCUT2D eigenvalue weighted by molar-refractivity contribution is -0.0174. The zero-order chi connectivity index (χ0) is 20.2. The van der Waals surface area contributed by atoms with E-state index in [1.54, 1.807) is 12.1 Å². The van der Waals surface area contributed by atoms with Crippen LogP contribution in [0.25, 0.3) is 11.3 Å². The van der Waals surface area contributed by atoms with Gasteiger partial charge in [-0.05, 0) is 68.9 Å². The Bertz CT molecular complexity index is 975. The number of hydrogen-bond acceptors (Lipinski definition) is 4. The van der Waals surface area contributed by atoms with Gasteiger partial charge in [-0.3, -0.25) is 5.10 Å². The summed E-state index contributed by atoms with van der Waals surface area (Å²) < 4.78 is 24.1. The summed E-state index contributed by atoms with van der Waals surface area (Å²) in [6.45, 7) is 2.49. The molecule has 1 aromatic heterocycles. The van der Waals surface area contributed by atoms with E-state index in [1.165, 1.54) is 12.1 Å². The number of aromatic amines is 1. The highest BCUT2D eigenvalue weighted by molar-refractivity contribution is 6.30. The van der Waals surface area contributed by atoms with E-state index in [4.69, 9.17) is 21.1 Å². The molecule has 0 spiro atoms. The van der Waals surface area contributed by atoms with Gasteiger partial charge < -0.3 is 14.4 Å². The van der Waals surface area contributed by atoms with Crippen LogP contribution in [0, 0.1) is 5.82 Å². The number of halogens is 2. The van der Waals surface area contributed by atoms with E-state index in [0.29, 0.717) is 11.6 Å². The molecule has 7 heteroatoms. The second kappa shape index (κ2) is 8.95. The summed E-state index contributed by atoms with van der Waals surface area (Å²) in [6.07, 6.45) is 1.87. The first-order chi connectivity index (χ1) is 14.1. The van der Waals surface area contributed by atoms with Gasteiger partial charge in [0.2, 0.25) is 0 Å². The van der Waals surface area contributed by atoms with Crippen molar-refractivity contribution in [1.29, 1.82) is 0 Å². The summed E-state index contributed by atoms with van der Waals surface area (Å²) in [5, 5.41) is 8.11. The quantitative estimate of drug-likeness (QED) is 0.602. The highest BCUT2D eigenvalue weighted by Crippen LogP contribution is 2.32. The summed E-state index contributed by atoms with van der Waals surface area (Å²) in [6, 6.07) is 12.3. The van der Waals surface area contributed by atoms with Crippen molar-refractivity contribution in [2.24, 2.45) is 0 Å². The Morgan fingerprint density at radius 1 is 1.21 bits per heavy atom. The number of nitrogens with zero attached hydrogens (tertiary/aromatic N) is 2. The van der Waals surface area contributed by atoms with E-state index < -0.39 is 0 Å². The lowest BCUT2D eigenvalue weighted by atomic mass is 10.1. The largest absolute Gasteiger partial charge is 0.467 e. The molecule has 152 valence electrons. The Kier molecular flexibility index (Phi) is 6.13. The Morgan fingerprint density at radius 2 is 2.03 bits per heavy atom. The molecule has 1 aliphatic rings. The van der Waals surface area contributed by atoms with Gasteiger partial charge in [0.25, 0.3) is 0 Å². The van der Waals surface area contributed by atoms with Crippen molar-refractivity contribution in [2.45, 2.75) is 26.0 Å². The zero-order valence-corrected chi connectivity index (χ0v) is 17.0. The number of benzene rings is 2. The topological polar surface area (TPSA) is 50.4 Å². The first-order valence-corrected chi connectivity index (χ1v) is 9.97. The predicted octanol–water partition coefficient (Wildman–Crippen LogP) is 4.80. The predicted molar refractivity (Wildman–Crippen MR) is 110 cm³/mol. The van der Waals surface area contributed by atoms with E-state index in [9.17, 15) is 4.39 Å². The first kappa shape index (κ1) is 19.9. The molecule has 0 saturated carbocycles. The summed E-state index contributed by atoms with van der Waals surface area (Å²) in [4.78, 5) is 2.25. The van der Waals surface area contributed by atoms with Crippen LogP contribution in [0.3, 0.4) is 0 Å². The maximum Gasteiger partial charge on any atom is 0.189 e. The number of H-pyrrole nitrogens is 1. The molecule has 1 aliphatic heterocycles. The fourth-order valence-electron chi connectivity index (χ4n) is 3.54. The first-order valence-electron chi connectivity index (χ1n) is 9.59. The molecular weight excluding hydrogens is 393 g/mol. The van der Waals surface area contributed by atoms with Gasteiger partial charge in [0.1, 0.15) is 11.6 Å². The number of hydrogen-bond donors (Lipinski definition) is 1. The molecule has 0 fully saturated rings. The molecule has 29 heavy (non-hydrogen) atoms. The summed E-state index contributed by atoms with van der Waals surface area (Å²) in [7, 11) is 2.09. The van der Waals surface area contributed by atoms with Gasteiger partial charge in [-0.1, -0.05) is 11.6 Å². The Balaban J connectivity index is 1.31. The molecule has 0 unspecified atom stereocenters. The number of aromatic nitrogens is 2. The van der Waals surface area contributed by atoms with Gasteiger partial charge in [-0.25, -0.2) is 4.39 Å². The molecule has 5 nitrogen and oxygen atoms in total. The van der Waals surface area contributed by atoms with Gasteiger partial charge in [0, 0.05) is 34.0 Å². The van der Waals surface area contributed by atoms with Crippen LogP contribution in [-0.4, -0.2) is 35.5 Å². The molecule has 0 radical (unpaired) electrons. The monoisotopic (exact) mass is 415 g/mol. The average molecular weight is 416 g/mol. The molecule has 0 amide bonds. The minimum absolute atomic E-state index is 0.244. The van der Waals surface area contributed by atoms with Crippen LogP contribution in [-0.2, 0) is 24.3 Å². The molecule has 4 rings (SSSR count). The molecule has 0 bridgehead atoms. The van der Waals surface area contributed by atoms with Gasteiger partial charge in [-0.15, -0.1) is 0 Å². The number of fused-ring (bicyclic) bond motifs is 1. The second-order valence-corrected chi connectivity index (χ2v) is 7.73. The third-order valence-electron chi connectivity index (χ3n) is 4.95. The van der Waals surface area contributed by atoms with Crippen LogP contribution in [0.15, 0.2) is 42.5 Å². The van der Waals surface area contributed by atoms with E-state index in [0.717, 1.165) is 59.8 Å². The molecular formula is C22H23ClFN3O2. The lowest BCUT2D eigenvalue weighted by Crippen LogP contribution is -2.21. The molecule has 3 aromatic rings. The van der Waals surface area contributed by atoms with Gasteiger partial charge in [-0.2, -0.15) is 5.10 Å². The number of nitrogens with one attached hydrogen (secondary N) is 1. The maximum absolute atomic E-state index is 13.1. The third kappa shape index (κ3) is 4.96. The molecule has 1 N–H and O–H groups in total. The van der Waals surface area contributed by atoms with Crippen LogP contribution in [0.2, 0.25) is 5.02 Å². The molecule has 0 aliphatic carbocycles. The average Bonchev–Trinajstić information content (AvgIpc) is 3.17. The fourth-order valence-corrected chi connectivity index (χ4v) is 3.81. The van der Waals surface area contributed by atoms with Gasteiger partial charge in [0.15, 0.2) is 6.79 Å². The smallest absolute Gasteiger partial charge is 0.189 e. The summed E-state index contributed by atoms with van der Waals surface area (Å²) in [5.41, 5.74) is 4.88. The summed E-state index contributed by atoms with van der Waals surface area (Å²) in [5.74, 6) is 0.649. The number of aryl methyl sites for hydroxylation is 1. The molecule has 2 aromatic carbocycles. The Hall–Kier alpha value is -2.41. The van der Waals surface area contributed by atoms with Crippen LogP contribution in [0.1, 0.15) is 23.2 Å². The van der Waals surface area contributed by atoms with Crippen LogP contribution in [0.4, 0.5) is 4.39 Å². The van der Waals surface area contributed by atoms with Crippen molar-refractivity contribution in [3.8, 4) is 17.0 Å². The fraction of sp³-hybridized carbons (Fsp3) is 0.318. The van der Waals surface area contributed by atoms with E-state index in [1.807, 2.05) is 18.2 Å². The van der Waals surface area contributed by atoms with Crippen molar-refractivity contribution in [2.75, 3.05) is 20.4 Å². The SMILES string of the molecule is CN(CCCc1cc(-c2ccc(F)cc2)n[nH]1)Cc1cc(Cl)cc2c1OCOC2. The van der Waals surface area contributed by atoms with E-state index in [2.05, 4.69) is 22.1 Å². The van der Waals surface area contributed by atoms with E-state index >= 15 is 0 Å². The van der Waals surface area contributed by atoms with Crippen molar-refractivity contribution in [3.63, 3.8) is 0 Å². The number of rotatable bonds is 7. The van der Waals surface area contributed by atoms with Crippen LogP contribution in [0.5, 0.6) is 5.75 Å². The lowest BCUT2D eigenvalue weighted by Gasteiger charge is -2.24. The highest BCUT2D eigenvalue weighted by Gasteiger charge is 2.17.